The molecule has 1 aliphatic carbocycles. The summed E-state index contributed by atoms with van der Waals surface area (Å²) in [6, 6.07) is 1.75. The minimum absolute atomic E-state index is 0.00522. The van der Waals surface area contributed by atoms with Gasteiger partial charge >= 0.3 is 6.03 Å². The number of rotatable bonds is 2. The highest BCUT2D eigenvalue weighted by molar-refractivity contribution is 6.32. The summed E-state index contributed by atoms with van der Waals surface area (Å²) in [7, 11) is 0. The fourth-order valence-electron chi connectivity index (χ4n) is 2.22. The maximum atomic E-state index is 13.5. The molecule has 1 aliphatic rings. The Bertz CT molecular complexity index is 476. The first kappa shape index (κ1) is 13.9. The Hall–Kier alpha value is -1.49. The molecule has 0 heterocycles. The summed E-state index contributed by atoms with van der Waals surface area (Å²) in [5.74, 6) is -1.07. The molecule has 0 spiro atoms. The average Bonchev–Trinajstić information content (AvgIpc) is 2.37. The normalized spacial score (nSPS) is 16.1. The third-order valence-electron chi connectivity index (χ3n) is 3.23. The van der Waals surface area contributed by atoms with Crippen LogP contribution < -0.4 is 10.6 Å². The van der Waals surface area contributed by atoms with Gasteiger partial charge in [0.1, 0.15) is 5.75 Å². The summed E-state index contributed by atoms with van der Waals surface area (Å²) in [5.41, 5.74) is -0.0453. The number of amides is 2. The number of carbonyl (C=O) groups excluding carboxylic acids is 1. The summed E-state index contributed by atoms with van der Waals surface area (Å²) in [5, 5.41) is 14.4. The van der Waals surface area contributed by atoms with Gasteiger partial charge in [-0.25, -0.2) is 9.18 Å². The fourth-order valence-corrected chi connectivity index (χ4v) is 2.39. The van der Waals surface area contributed by atoms with Crippen molar-refractivity contribution in [3.8, 4) is 5.75 Å². The number of carbonyl (C=O) groups is 1. The zero-order valence-corrected chi connectivity index (χ0v) is 11.1. The Labute approximate surface area is 116 Å². The first-order chi connectivity index (χ1) is 9.06. The third kappa shape index (κ3) is 3.73. The number of urea groups is 1. The Morgan fingerprint density at radius 1 is 1.32 bits per heavy atom. The van der Waals surface area contributed by atoms with Crippen LogP contribution in [0.5, 0.6) is 5.75 Å². The van der Waals surface area contributed by atoms with Crippen LogP contribution in [-0.4, -0.2) is 17.2 Å². The maximum absolute atomic E-state index is 13.5. The van der Waals surface area contributed by atoms with E-state index >= 15 is 0 Å². The van der Waals surface area contributed by atoms with Crippen molar-refractivity contribution in [3.05, 3.63) is 23.0 Å². The second kappa shape index (κ2) is 6.10. The Kier molecular flexibility index (Phi) is 4.47. The molecule has 0 aliphatic heterocycles. The van der Waals surface area contributed by atoms with Crippen LogP contribution in [0.2, 0.25) is 5.02 Å². The molecule has 1 saturated carbocycles. The smallest absolute Gasteiger partial charge is 0.319 e. The van der Waals surface area contributed by atoms with Gasteiger partial charge in [0.05, 0.1) is 10.7 Å². The molecule has 1 aromatic rings. The molecule has 4 nitrogen and oxygen atoms in total. The van der Waals surface area contributed by atoms with Gasteiger partial charge in [-0.05, 0) is 18.9 Å². The van der Waals surface area contributed by atoms with Gasteiger partial charge in [-0.3, -0.25) is 0 Å². The number of anilines is 1. The molecule has 0 saturated heterocycles. The van der Waals surface area contributed by atoms with Crippen molar-refractivity contribution in [2.75, 3.05) is 5.32 Å². The first-order valence-electron chi connectivity index (χ1n) is 6.32. The van der Waals surface area contributed by atoms with E-state index < -0.39 is 11.8 Å². The van der Waals surface area contributed by atoms with Gasteiger partial charge < -0.3 is 15.7 Å². The molecule has 0 radical (unpaired) electrons. The monoisotopic (exact) mass is 286 g/mol. The van der Waals surface area contributed by atoms with Crippen LogP contribution in [0.3, 0.4) is 0 Å². The number of benzene rings is 1. The largest absolute Gasteiger partial charge is 0.506 e. The molecule has 0 bridgehead atoms. The highest BCUT2D eigenvalue weighted by Gasteiger charge is 2.17. The van der Waals surface area contributed by atoms with Crippen LogP contribution in [0, 0.1) is 5.82 Å². The molecule has 0 unspecified atom stereocenters. The molecular formula is C13H16ClFN2O2. The van der Waals surface area contributed by atoms with Gasteiger partial charge in [-0.1, -0.05) is 30.9 Å². The molecular weight excluding hydrogens is 271 g/mol. The number of hydrogen-bond acceptors (Lipinski definition) is 2. The highest BCUT2D eigenvalue weighted by Crippen LogP contribution is 2.29. The number of hydrogen-bond donors (Lipinski definition) is 3. The molecule has 19 heavy (non-hydrogen) atoms. The van der Waals surface area contributed by atoms with Crippen molar-refractivity contribution in [1.29, 1.82) is 0 Å². The quantitative estimate of drug-likeness (QED) is 0.727. The minimum atomic E-state index is -0.722. The predicted octanol–water partition coefficient (Wildman–Crippen LogP) is 3.64. The molecule has 0 aromatic heterocycles. The summed E-state index contributed by atoms with van der Waals surface area (Å²) in [6.07, 6.45) is 5.30. The van der Waals surface area contributed by atoms with Crippen molar-refractivity contribution in [2.45, 2.75) is 38.1 Å². The molecule has 0 atom stereocenters. The second-order valence-electron chi connectivity index (χ2n) is 4.72. The molecule has 3 N–H and O–H groups in total. The summed E-state index contributed by atoms with van der Waals surface area (Å²) < 4.78 is 13.5. The summed E-state index contributed by atoms with van der Waals surface area (Å²) in [6.45, 7) is 0. The van der Waals surface area contributed by atoms with Gasteiger partial charge in [-0.15, -0.1) is 0 Å². The summed E-state index contributed by atoms with van der Waals surface area (Å²) in [4.78, 5) is 11.7. The van der Waals surface area contributed by atoms with Gasteiger partial charge in [-0.2, -0.15) is 0 Å². The number of phenolic OH excluding ortho intramolecular Hbond substituents is 1. The summed E-state index contributed by atoms with van der Waals surface area (Å²) >= 11 is 5.67. The van der Waals surface area contributed by atoms with Crippen LogP contribution in [0.15, 0.2) is 12.1 Å². The second-order valence-corrected chi connectivity index (χ2v) is 5.12. The fraction of sp³-hybridized carbons (Fsp3) is 0.462. The topological polar surface area (TPSA) is 61.4 Å². The number of halogens is 2. The minimum Gasteiger partial charge on any atom is -0.506 e. The zero-order chi connectivity index (χ0) is 13.8. The van der Waals surface area contributed by atoms with E-state index in [1.165, 1.54) is 12.5 Å². The van der Waals surface area contributed by atoms with Crippen molar-refractivity contribution < 1.29 is 14.3 Å². The van der Waals surface area contributed by atoms with E-state index in [2.05, 4.69) is 10.6 Å². The molecule has 104 valence electrons. The van der Waals surface area contributed by atoms with Crippen molar-refractivity contribution in [3.63, 3.8) is 0 Å². The third-order valence-corrected chi connectivity index (χ3v) is 3.53. The van der Waals surface area contributed by atoms with E-state index in [1.54, 1.807) is 0 Å². The van der Waals surface area contributed by atoms with Crippen molar-refractivity contribution in [2.24, 2.45) is 0 Å². The van der Waals surface area contributed by atoms with E-state index in [4.69, 9.17) is 11.6 Å². The molecule has 1 aromatic carbocycles. The van der Waals surface area contributed by atoms with Gasteiger partial charge in [0.15, 0.2) is 5.82 Å². The van der Waals surface area contributed by atoms with Crippen molar-refractivity contribution in [1.82, 2.24) is 5.32 Å². The van der Waals surface area contributed by atoms with Crippen LogP contribution >= 0.6 is 11.6 Å². The van der Waals surface area contributed by atoms with Crippen LogP contribution in [-0.2, 0) is 0 Å². The molecule has 2 amide bonds. The number of aromatic hydroxyl groups is 1. The maximum Gasteiger partial charge on any atom is 0.319 e. The van der Waals surface area contributed by atoms with Crippen LogP contribution in [0.1, 0.15) is 32.1 Å². The molecule has 6 heteroatoms. The van der Waals surface area contributed by atoms with Gasteiger partial charge in [0.25, 0.3) is 0 Å². The van der Waals surface area contributed by atoms with Crippen LogP contribution in [0.4, 0.5) is 14.9 Å². The molecule has 1 fully saturated rings. The van der Waals surface area contributed by atoms with Crippen molar-refractivity contribution >= 4 is 23.3 Å². The van der Waals surface area contributed by atoms with E-state index in [-0.39, 0.29) is 22.5 Å². The molecule has 2 rings (SSSR count). The van der Waals surface area contributed by atoms with E-state index in [0.29, 0.717) is 0 Å². The standard InChI is InChI=1S/C13H16ClFN2O2/c14-9-6-11(10(15)7-12(9)18)17-13(19)16-8-4-2-1-3-5-8/h6-8,18H,1-5H2,(H2,16,17,19). The predicted molar refractivity (Wildman–Crippen MR) is 72.1 cm³/mol. The lowest BCUT2D eigenvalue weighted by atomic mass is 9.96. The van der Waals surface area contributed by atoms with E-state index in [0.717, 1.165) is 31.7 Å². The zero-order valence-electron chi connectivity index (χ0n) is 10.4. The first-order valence-corrected chi connectivity index (χ1v) is 6.69. The Balaban J connectivity index is 1.96. The number of nitrogens with one attached hydrogen (secondary N) is 2. The highest BCUT2D eigenvalue weighted by atomic mass is 35.5. The number of phenols is 1. The van der Waals surface area contributed by atoms with Gasteiger partial charge in [0, 0.05) is 12.1 Å². The lowest BCUT2D eigenvalue weighted by Gasteiger charge is -2.23. The lowest BCUT2D eigenvalue weighted by Crippen LogP contribution is -2.39. The van der Waals surface area contributed by atoms with Gasteiger partial charge in [0.2, 0.25) is 0 Å². The Morgan fingerprint density at radius 3 is 2.68 bits per heavy atom. The SMILES string of the molecule is O=C(Nc1cc(Cl)c(O)cc1F)NC1CCCCC1. The van der Waals surface area contributed by atoms with E-state index in [9.17, 15) is 14.3 Å². The van der Waals surface area contributed by atoms with E-state index in [1.807, 2.05) is 0 Å². The van der Waals surface area contributed by atoms with Crippen LogP contribution in [0.25, 0.3) is 0 Å². The lowest BCUT2D eigenvalue weighted by molar-refractivity contribution is 0.244. The Morgan fingerprint density at radius 2 is 2.00 bits per heavy atom. The average molecular weight is 287 g/mol.